The van der Waals surface area contributed by atoms with Gasteiger partial charge in [-0.1, -0.05) is 0 Å². The van der Waals surface area contributed by atoms with Crippen molar-refractivity contribution in [2.24, 2.45) is 0 Å². The molecule has 42 heavy (non-hydrogen) atoms. The van der Waals surface area contributed by atoms with E-state index in [-0.39, 0.29) is 12.5 Å². The van der Waals surface area contributed by atoms with Crippen LogP contribution in [0.4, 0.5) is 17.5 Å². The molecule has 0 spiro atoms. The molecule has 3 aromatic rings. The molecular formula is C30H36N8O4. The molecule has 12 heteroatoms. The van der Waals surface area contributed by atoms with Crippen LogP contribution >= 0.6 is 0 Å². The van der Waals surface area contributed by atoms with Crippen molar-refractivity contribution in [2.75, 3.05) is 61.7 Å². The molecule has 2 aliphatic heterocycles. The SMILES string of the molecule is Cc1ncc(NC(=O)c2ccnc(C(C)(C)C#N)c2)cc1-c1cc(N2CCOCC2)nc(NC2(CO)CCOCC2)n1. The summed E-state index contributed by atoms with van der Waals surface area (Å²) < 4.78 is 11.1. The Labute approximate surface area is 245 Å². The van der Waals surface area contributed by atoms with Gasteiger partial charge in [-0.05, 0) is 51.8 Å². The number of nitrogens with zero attached hydrogens (tertiary/aromatic N) is 6. The molecule has 2 fully saturated rings. The van der Waals surface area contributed by atoms with Crippen LogP contribution in [0.5, 0.6) is 0 Å². The van der Waals surface area contributed by atoms with Gasteiger partial charge in [0.05, 0.1) is 60.1 Å². The smallest absolute Gasteiger partial charge is 0.255 e. The predicted molar refractivity (Wildman–Crippen MR) is 157 cm³/mol. The Morgan fingerprint density at radius 3 is 2.57 bits per heavy atom. The van der Waals surface area contributed by atoms with Gasteiger partial charge in [-0.2, -0.15) is 10.2 Å². The molecule has 1 amide bonds. The fraction of sp³-hybridized carbons (Fsp3) is 0.467. The molecule has 0 bridgehead atoms. The zero-order chi connectivity index (χ0) is 29.7. The van der Waals surface area contributed by atoms with Gasteiger partial charge in [0, 0.05) is 55.4 Å². The van der Waals surface area contributed by atoms with Gasteiger partial charge < -0.3 is 30.1 Å². The summed E-state index contributed by atoms with van der Waals surface area (Å²) in [5.41, 5.74) is 2.10. The lowest BCUT2D eigenvalue weighted by molar-refractivity contribution is 0.0377. The minimum atomic E-state index is -0.828. The van der Waals surface area contributed by atoms with Crippen LogP contribution < -0.4 is 15.5 Å². The van der Waals surface area contributed by atoms with Gasteiger partial charge >= 0.3 is 0 Å². The minimum absolute atomic E-state index is 0.0682. The molecule has 12 nitrogen and oxygen atoms in total. The summed E-state index contributed by atoms with van der Waals surface area (Å²) in [6.07, 6.45) is 4.40. The quantitative estimate of drug-likeness (QED) is 0.364. The number of anilines is 3. The fourth-order valence-corrected chi connectivity index (χ4v) is 4.94. The number of aryl methyl sites for hydroxylation is 1. The number of morpholine rings is 1. The van der Waals surface area contributed by atoms with Crippen LogP contribution in [-0.2, 0) is 14.9 Å². The average Bonchev–Trinajstić information content (AvgIpc) is 3.02. The van der Waals surface area contributed by atoms with E-state index in [0.29, 0.717) is 80.9 Å². The molecule has 5 rings (SSSR count). The maximum Gasteiger partial charge on any atom is 0.255 e. The molecule has 0 atom stereocenters. The summed E-state index contributed by atoms with van der Waals surface area (Å²) >= 11 is 0. The van der Waals surface area contributed by atoms with Crippen LogP contribution in [0.3, 0.4) is 0 Å². The second-order valence-corrected chi connectivity index (χ2v) is 11.2. The number of amides is 1. The Morgan fingerprint density at radius 2 is 1.86 bits per heavy atom. The monoisotopic (exact) mass is 572 g/mol. The summed E-state index contributed by atoms with van der Waals surface area (Å²) in [5.74, 6) is 0.805. The Bertz CT molecular complexity index is 1480. The zero-order valence-electron chi connectivity index (χ0n) is 24.2. The summed E-state index contributed by atoms with van der Waals surface area (Å²) in [4.78, 5) is 33.8. The fourth-order valence-electron chi connectivity index (χ4n) is 4.94. The lowest BCUT2D eigenvalue weighted by atomic mass is 9.90. The second kappa shape index (κ2) is 12.4. The number of carbonyl (C=O) groups excluding carboxylic acids is 1. The molecule has 220 valence electrons. The molecule has 5 heterocycles. The predicted octanol–water partition coefficient (Wildman–Crippen LogP) is 3.09. The van der Waals surface area contributed by atoms with Crippen LogP contribution in [0.15, 0.2) is 36.7 Å². The molecule has 0 aromatic carbocycles. The normalized spacial score (nSPS) is 16.9. The number of nitriles is 1. The maximum atomic E-state index is 13.2. The van der Waals surface area contributed by atoms with E-state index in [1.54, 1.807) is 32.2 Å². The first kappa shape index (κ1) is 29.3. The number of hydrogen-bond donors (Lipinski definition) is 3. The van der Waals surface area contributed by atoms with Gasteiger partial charge in [0.25, 0.3) is 5.91 Å². The number of aromatic nitrogens is 4. The number of aliphatic hydroxyl groups is 1. The summed E-state index contributed by atoms with van der Waals surface area (Å²) in [7, 11) is 0. The zero-order valence-corrected chi connectivity index (χ0v) is 24.2. The van der Waals surface area contributed by atoms with Crippen molar-refractivity contribution in [3.63, 3.8) is 0 Å². The highest BCUT2D eigenvalue weighted by atomic mass is 16.5. The number of aliphatic hydroxyl groups excluding tert-OH is 1. The molecule has 0 aliphatic carbocycles. The standard InChI is InChI=1S/C30H36N8O4/c1-20-23(15-22(17-33-20)34-27(40)21-4-7-32-25(14-21)29(2,3)18-31)24-16-26(38-8-12-42-13-9-38)36-28(35-24)37-30(19-39)5-10-41-11-6-30/h4,7,14-17,39H,5-6,8-13,19H2,1-3H3,(H,34,40)(H,35,36,37). The van der Waals surface area contributed by atoms with Gasteiger partial charge in [0.1, 0.15) is 5.82 Å². The third-order valence-electron chi connectivity index (χ3n) is 7.74. The van der Waals surface area contributed by atoms with Crippen molar-refractivity contribution < 1.29 is 19.4 Å². The van der Waals surface area contributed by atoms with Crippen LogP contribution in [0.1, 0.15) is 48.4 Å². The average molecular weight is 573 g/mol. The lowest BCUT2D eigenvalue weighted by Gasteiger charge is -2.36. The Balaban J connectivity index is 1.47. The molecule has 0 unspecified atom stereocenters. The number of nitrogens with one attached hydrogen (secondary N) is 2. The third kappa shape index (κ3) is 6.49. The van der Waals surface area contributed by atoms with Gasteiger partial charge in [-0.25, -0.2) is 4.98 Å². The highest BCUT2D eigenvalue weighted by Gasteiger charge is 2.33. The van der Waals surface area contributed by atoms with Gasteiger partial charge in [-0.3, -0.25) is 14.8 Å². The minimum Gasteiger partial charge on any atom is -0.394 e. The molecule has 0 saturated carbocycles. The van der Waals surface area contributed by atoms with Crippen LogP contribution in [0, 0.1) is 18.3 Å². The highest BCUT2D eigenvalue weighted by molar-refractivity contribution is 6.04. The van der Waals surface area contributed by atoms with Crippen LogP contribution in [0.2, 0.25) is 0 Å². The van der Waals surface area contributed by atoms with Crippen molar-refractivity contribution in [1.82, 2.24) is 19.9 Å². The van der Waals surface area contributed by atoms with Crippen molar-refractivity contribution in [1.29, 1.82) is 5.26 Å². The molecule has 3 N–H and O–H groups in total. The second-order valence-electron chi connectivity index (χ2n) is 11.2. The van der Waals surface area contributed by atoms with Crippen molar-refractivity contribution in [2.45, 2.75) is 44.6 Å². The van der Waals surface area contributed by atoms with E-state index >= 15 is 0 Å². The first-order chi connectivity index (χ1) is 20.2. The van der Waals surface area contributed by atoms with Crippen LogP contribution in [-0.4, -0.2) is 82.6 Å². The number of hydrogen-bond acceptors (Lipinski definition) is 11. The summed E-state index contributed by atoms with van der Waals surface area (Å²) in [5, 5.41) is 26.1. The van der Waals surface area contributed by atoms with Gasteiger partial charge in [0.15, 0.2) is 0 Å². The first-order valence-electron chi connectivity index (χ1n) is 14.1. The highest BCUT2D eigenvalue weighted by Crippen LogP contribution is 2.31. The Morgan fingerprint density at radius 1 is 1.12 bits per heavy atom. The maximum absolute atomic E-state index is 13.2. The van der Waals surface area contributed by atoms with Crippen molar-refractivity contribution in [3.8, 4) is 17.3 Å². The van der Waals surface area contributed by atoms with Crippen LogP contribution in [0.25, 0.3) is 11.3 Å². The van der Waals surface area contributed by atoms with E-state index in [0.717, 1.165) is 17.1 Å². The third-order valence-corrected chi connectivity index (χ3v) is 7.74. The molecule has 3 aromatic heterocycles. The number of rotatable bonds is 8. The van der Waals surface area contributed by atoms with Crippen molar-refractivity contribution in [3.05, 3.63) is 53.6 Å². The summed E-state index contributed by atoms with van der Waals surface area (Å²) in [6, 6.07) is 9.22. The van der Waals surface area contributed by atoms with E-state index < -0.39 is 11.0 Å². The topological polar surface area (TPSA) is 158 Å². The van der Waals surface area contributed by atoms with Gasteiger partial charge in [-0.15, -0.1) is 0 Å². The molecular weight excluding hydrogens is 536 g/mol. The summed E-state index contributed by atoms with van der Waals surface area (Å²) in [6.45, 7) is 9.01. The first-order valence-corrected chi connectivity index (χ1v) is 14.1. The number of pyridine rings is 2. The van der Waals surface area contributed by atoms with E-state index in [9.17, 15) is 15.2 Å². The van der Waals surface area contributed by atoms with E-state index in [1.165, 1.54) is 6.20 Å². The van der Waals surface area contributed by atoms with E-state index in [2.05, 4.69) is 31.6 Å². The van der Waals surface area contributed by atoms with E-state index in [4.69, 9.17) is 19.4 Å². The number of carbonyl (C=O) groups is 1. The number of ether oxygens (including phenoxy) is 2. The molecule has 0 radical (unpaired) electrons. The van der Waals surface area contributed by atoms with Gasteiger partial charge in [0.2, 0.25) is 5.95 Å². The lowest BCUT2D eigenvalue weighted by Crippen LogP contribution is -2.47. The van der Waals surface area contributed by atoms with Crippen molar-refractivity contribution >= 4 is 23.4 Å². The molecule has 2 aliphatic rings. The Kier molecular flexibility index (Phi) is 8.63. The van der Waals surface area contributed by atoms with E-state index in [1.807, 2.05) is 19.1 Å². The largest absolute Gasteiger partial charge is 0.394 e. The Hall–Kier alpha value is -4.18. The molecule has 2 saturated heterocycles.